The number of aromatic nitrogens is 1. The Morgan fingerprint density at radius 1 is 1.19 bits per heavy atom. The lowest BCUT2D eigenvalue weighted by Crippen LogP contribution is -2.38. The van der Waals surface area contributed by atoms with Gasteiger partial charge in [0.25, 0.3) is 5.91 Å². The van der Waals surface area contributed by atoms with E-state index in [1.807, 2.05) is 69.4 Å². The first-order valence-electron chi connectivity index (χ1n) is 17.1. The van der Waals surface area contributed by atoms with Crippen LogP contribution < -0.4 is 10.6 Å². The summed E-state index contributed by atoms with van der Waals surface area (Å²) in [6.45, 7) is 15.6. The van der Waals surface area contributed by atoms with E-state index in [1.165, 1.54) is 11.6 Å². The molecule has 2 unspecified atom stereocenters. The van der Waals surface area contributed by atoms with Gasteiger partial charge in [-0.15, -0.1) is 0 Å². The summed E-state index contributed by atoms with van der Waals surface area (Å²) in [6, 6.07) is 5.50. The van der Waals surface area contributed by atoms with Crippen LogP contribution >= 0.6 is 0 Å². The van der Waals surface area contributed by atoms with E-state index in [0.717, 1.165) is 85.6 Å². The predicted octanol–water partition coefficient (Wildman–Crippen LogP) is 7.74. The second-order valence-electron chi connectivity index (χ2n) is 13.0. The van der Waals surface area contributed by atoms with Crippen molar-refractivity contribution in [2.75, 3.05) is 45.7 Å². The highest BCUT2D eigenvalue weighted by Crippen LogP contribution is 2.31. The fraction of sp³-hybridized carbons (Fsp3) is 0.487. The van der Waals surface area contributed by atoms with Gasteiger partial charge in [0.05, 0.1) is 6.10 Å². The van der Waals surface area contributed by atoms with Crippen LogP contribution in [0.15, 0.2) is 60.1 Å². The first kappa shape index (κ1) is 36.1. The number of likely N-dealkylation sites (tertiary alicyclic amines) is 1. The Kier molecular flexibility index (Phi) is 13.0. The van der Waals surface area contributed by atoms with Crippen LogP contribution in [0.3, 0.4) is 0 Å². The molecule has 2 aliphatic heterocycles. The lowest BCUT2D eigenvalue weighted by Gasteiger charge is -2.33. The number of benzene rings is 1. The Hall–Kier alpha value is -3.75. The topological polar surface area (TPSA) is 69.7 Å². The number of aryl methyl sites for hydroxylation is 2. The van der Waals surface area contributed by atoms with Gasteiger partial charge in [-0.2, -0.15) is 0 Å². The second-order valence-corrected chi connectivity index (χ2v) is 13.0. The van der Waals surface area contributed by atoms with Crippen LogP contribution in [-0.2, 0) is 4.74 Å². The first-order chi connectivity index (χ1) is 22.6. The van der Waals surface area contributed by atoms with Crippen molar-refractivity contribution >= 4 is 23.2 Å². The van der Waals surface area contributed by atoms with Crippen LogP contribution in [0.5, 0.6) is 0 Å². The molecule has 2 atom stereocenters. The summed E-state index contributed by atoms with van der Waals surface area (Å²) in [6.07, 6.45) is 16.1. The van der Waals surface area contributed by atoms with E-state index in [9.17, 15) is 4.79 Å². The number of halogens is 1. The van der Waals surface area contributed by atoms with Crippen molar-refractivity contribution in [1.29, 1.82) is 0 Å². The minimum Gasteiger partial charge on any atom is -0.388 e. The van der Waals surface area contributed by atoms with Crippen molar-refractivity contribution in [3.63, 3.8) is 0 Å². The number of hydrogen-bond acceptors (Lipinski definition) is 6. The van der Waals surface area contributed by atoms with Crippen LogP contribution in [0.25, 0.3) is 11.6 Å². The van der Waals surface area contributed by atoms with E-state index in [0.29, 0.717) is 17.0 Å². The van der Waals surface area contributed by atoms with E-state index in [4.69, 9.17) is 4.74 Å². The molecule has 1 amide bonds. The van der Waals surface area contributed by atoms with Crippen LogP contribution in [0.1, 0.15) is 86.1 Å². The largest absolute Gasteiger partial charge is 0.388 e. The molecule has 7 nitrogen and oxygen atoms in total. The summed E-state index contributed by atoms with van der Waals surface area (Å²) >= 11 is 0. The average Bonchev–Trinajstić information content (AvgIpc) is 3.08. The Labute approximate surface area is 281 Å². The molecule has 1 saturated heterocycles. The highest BCUT2D eigenvalue weighted by molar-refractivity contribution is 5.95. The molecule has 0 radical (unpaired) electrons. The Morgan fingerprint density at radius 3 is 2.55 bits per heavy atom. The molecule has 0 bridgehead atoms. The molecule has 0 saturated carbocycles. The molecule has 2 aliphatic rings. The van der Waals surface area contributed by atoms with Gasteiger partial charge in [-0.25, -0.2) is 4.39 Å². The number of carbonyl (C=O) groups excluding carboxylic acids is 1. The van der Waals surface area contributed by atoms with Crippen LogP contribution in [0.4, 0.5) is 10.1 Å². The summed E-state index contributed by atoms with van der Waals surface area (Å²) < 4.78 is 21.0. The third-order valence-corrected chi connectivity index (χ3v) is 9.92. The molecular formula is C39H54FN5O2. The highest BCUT2D eigenvalue weighted by atomic mass is 19.1. The monoisotopic (exact) mass is 643 g/mol. The molecule has 47 heavy (non-hydrogen) atoms. The van der Waals surface area contributed by atoms with Crippen molar-refractivity contribution < 1.29 is 13.9 Å². The minimum absolute atomic E-state index is 0.00571. The minimum atomic E-state index is -0.299. The van der Waals surface area contributed by atoms with Gasteiger partial charge >= 0.3 is 0 Å². The van der Waals surface area contributed by atoms with Gasteiger partial charge < -0.3 is 20.3 Å². The zero-order chi connectivity index (χ0) is 34.1. The second kappa shape index (κ2) is 16.9. The van der Waals surface area contributed by atoms with Crippen LogP contribution in [0, 0.1) is 25.6 Å². The van der Waals surface area contributed by atoms with E-state index in [2.05, 4.69) is 53.4 Å². The number of methoxy groups -OCH3 is 1. The standard InChI is InChI=1S/C39H54FN5O2/c1-9-31-12-18-45(19-13-31)39(46)33-22-27(3)38(36(40)25-33)32-14-20-44(21-15-32)30(6)26(2)23-35-29(5)42-17-11-37(35)43-16-10-34(41-7)24-28(4)47-8/h10-11,14,16-17,22-25,28,30-31,41H,9,12-13,15,18-21H2,1-8H3,(H,42,43)/b16-10-,26-23+,34-24+. The van der Waals surface area contributed by atoms with Crippen molar-refractivity contribution in [1.82, 2.24) is 20.1 Å². The molecule has 254 valence electrons. The normalized spacial score (nSPS) is 18.3. The van der Waals surface area contributed by atoms with Gasteiger partial charge in [-0.05, 0) is 101 Å². The van der Waals surface area contributed by atoms with E-state index < -0.39 is 0 Å². The smallest absolute Gasteiger partial charge is 0.253 e. The van der Waals surface area contributed by atoms with Crippen molar-refractivity contribution in [2.24, 2.45) is 5.92 Å². The molecule has 2 aromatic rings. The quantitative estimate of drug-likeness (QED) is 0.231. The van der Waals surface area contributed by atoms with Crippen LogP contribution in [0.2, 0.25) is 0 Å². The molecule has 1 aromatic heterocycles. The summed E-state index contributed by atoms with van der Waals surface area (Å²) in [4.78, 5) is 22.0. The van der Waals surface area contributed by atoms with Crippen molar-refractivity contribution in [2.45, 2.75) is 79.4 Å². The molecule has 0 aliphatic carbocycles. The Balaban J connectivity index is 1.44. The molecule has 4 rings (SSSR count). The fourth-order valence-electron chi connectivity index (χ4n) is 6.55. The zero-order valence-electron chi connectivity index (χ0n) is 29.6. The van der Waals surface area contributed by atoms with Crippen LogP contribution in [-0.4, -0.2) is 73.2 Å². The van der Waals surface area contributed by atoms with E-state index >= 15 is 4.39 Å². The predicted molar refractivity (Wildman–Crippen MR) is 193 cm³/mol. The highest BCUT2D eigenvalue weighted by Gasteiger charge is 2.26. The third kappa shape index (κ3) is 9.20. The molecular weight excluding hydrogens is 589 g/mol. The Morgan fingerprint density at radius 2 is 1.94 bits per heavy atom. The molecule has 1 fully saturated rings. The number of hydrogen-bond donors (Lipinski definition) is 2. The molecule has 3 heterocycles. The number of piperidine rings is 1. The third-order valence-electron chi connectivity index (χ3n) is 9.92. The van der Waals surface area contributed by atoms with Gasteiger partial charge in [0.2, 0.25) is 0 Å². The van der Waals surface area contributed by atoms with Gasteiger partial charge in [0, 0.05) is 92.5 Å². The number of amides is 1. The van der Waals surface area contributed by atoms with E-state index in [1.54, 1.807) is 7.11 Å². The number of nitrogens with zero attached hydrogens (tertiary/aromatic N) is 3. The van der Waals surface area contributed by atoms with E-state index in [-0.39, 0.29) is 23.9 Å². The number of anilines is 1. The Bertz CT molecular complexity index is 1500. The maximum absolute atomic E-state index is 15.6. The number of allylic oxidation sites excluding steroid dienone is 1. The first-order valence-corrected chi connectivity index (χ1v) is 17.1. The maximum atomic E-state index is 15.6. The van der Waals surface area contributed by atoms with Gasteiger partial charge in [0.1, 0.15) is 5.82 Å². The fourth-order valence-corrected chi connectivity index (χ4v) is 6.55. The average molecular weight is 644 g/mol. The summed E-state index contributed by atoms with van der Waals surface area (Å²) in [5.74, 6) is 0.335. The molecule has 8 heteroatoms. The van der Waals surface area contributed by atoms with Gasteiger partial charge in [0.15, 0.2) is 0 Å². The summed E-state index contributed by atoms with van der Waals surface area (Å²) in [7, 11) is 3.58. The van der Waals surface area contributed by atoms with Crippen molar-refractivity contribution in [3.05, 3.63) is 93.9 Å². The molecule has 0 spiro atoms. The molecule has 2 N–H and O–H groups in total. The number of pyridine rings is 1. The SMILES string of the molecule is CCC1CCN(C(=O)c2cc(C)c(C3=CCN(C(C)/C(C)=C/c4c(N/C=C\C(=C/C(C)OC)NC)ccnc4C)CC3)c(F)c2)CC1. The zero-order valence-corrected chi connectivity index (χ0v) is 29.6. The number of nitrogens with one attached hydrogen (secondary N) is 2. The van der Waals surface area contributed by atoms with Gasteiger partial charge in [-0.1, -0.05) is 31.1 Å². The summed E-state index contributed by atoms with van der Waals surface area (Å²) in [5, 5.41) is 6.62. The number of ether oxygens (including phenoxy) is 1. The summed E-state index contributed by atoms with van der Waals surface area (Å²) in [5.41, 5.74) is 8.12. The maximum Gasteiger partial charge on any atom is 0.253 e. The number of carbonyl (C=O) groups is 1. The van der Waals surface area contributed by atoms with Crippen molar-refractivity contribution in [3.8, 4) is 0 Å². The number of rotatable bonds is 12. The lowest BCUT2D eigenvalue weighted by atomic mass is 9.91. The molecule has 1 aromatic carbocycles. The lowest BCUT2D eigenvalue weighted by molar-refractivity contribution is 0.0688. The van der Waals surface area contributed by atoms with Gasteiger partial charge in [-0.3, -0.25) is 14.7 Å². The number of likely N-dealkylation sites (N-methyl/N-ethyl adjacent to an activating group) is 1.